The van der Waals surface area contributed by atoms with Crippen LogP contribution in [-0.2, 0) is 4.84 Å². The maximum Gasteiger partial charge on any atom is 1.00 e. The summed E-state index contributed by atoms with van der Waals surface area (Å²) >= 11 is 0. The molecule has 0 aromatic carbocycles. The predicted octanol–water partition coefficient (Wildman–Crippen LogP) is -3.68. The van der Waals surface area contributed by atoms with Crippen LogP contribution in [-0.4, -0.2) is 19.2 Å². The molecule has 0 atom stereocenters. The Balaban J connectivity index is 0. The van der Waals surface area contributed by atoms with Gasteiger partial charge in [-0.2, -0.15) is 0 Å². The second-order valence-electron chi connectivity index (χ2n) is 1.07. The van der Waals surface area contributed by atoms with Gasteiger partial charge >= 0.3 is 51.4 Å². The summed E-state index contributed by atoms with van der Waals surface area (Å²) in [5, 5.41) is 11.1. The molecule has 0 aliphatic heterocycles. The van der Waals surface area contributed by atoms with Crippen molar-refractivity contribution >= 4 is 0 Å². The van der Waals surface area contributed by atoms with Crippen LogP contribution >= 0.6 is 0 Å². The van der Waals surface area contributed by atoms with Crippen LogP contribution in [0.4, 0.5) is 0 Å². The standard InChI is InChI=1S/C4H9NO2.K/c1-4(6)5(2)7-3;/h6H,1H2,2-3H3;/q;+1/p-1. The third-order valence-corrected chi connectivity index (χ3v) is 0.625. The van der Waals surface area contributed by atoms with Gasteiger partial charge in [-0.3, -0.25) is 9.90 Å². The number of nitrogens with zero attached hydrogens (tertiary/aromatic N) is 1. The quantitative estimate of drug-likeness (QED) is 0.226. The Labute approximate surface area is 91.7 Å². The Hall–Kier alpha value is 0.936. The normalized spacial score (nSPS) is 7.25. The van der Waals surface area contributed by atoms with Crippen molar-refractivity contribution < 1.29 is 61.3 Å². The summed E-state index contributed by atoms with van der Waals surface area (Å²) in [5.41, 5.74) is 0. The van der Waals surface area contributed by atoms with E-state index < -0.39 is 0 Å². The van der Waals surface area contributed by atoms with Gasteiger partial charge in [0.1, 0.15) is 0 Å². The summed E-state index contributed by atoms with van der Waals surface area (Å²) in [6.07, 6.45) is 0. The molecule has 0 spiro atoms. The van der Waals surface area contributed by atoms with Gasteiger partial charge in [0.15, 0.2) is 0 Å². The maximum absolute atomic E-state index is 10.1. The van der Waals surface area contributed by atoms with Gasteiger partial charge in [0, 0.05) is 7.05 Å². The molecule has 0 aromatic rings. The van der Waals surface area contributed by atoms with Gasteiger partial charge in [0.25, 0.3) is 0 Å². The molecule has 42 valence electrons. The number of rotatable bonds is 2. The minimum absolute atomic E-state index is 0. The molecule has 0 aromatic heterocycles. The van der Waals surface area contributed by atoms with Crippen LogP contribution < -0.4 is 56.5 Å². The first-order valence-corrected chi connectivity index (χ1v) is 1.82. The molecule has 0 fully saturated rings. The van der Waals surface area contributed by atoms with Crippen molar-refractivity contribution in [2.75, 3.05) is 14.2 Å². The van der Waals surface area contributed by atoms with Crippen molar-refractivity contribution in [2.45, 2.75) is 0 Å². The van der Waals surface area contributed by atoms with E-state index in [4.69, 9.17) is 0 Å². The molecule has 0 rings (SSSR count). The summed E-state index contributed by atoms with van der Waals surface area (Å²) in [6, 6.07) is 0. The first kappa shape index (κ1) is 11.7. The number of hydrogen-bond acceptors (Lipinski definition) is 3. The van der Waals surface area contributed by atoms with E-state index in [-0.39, 0.29) is 57.3 Å². The van der Waals surface area contributed by atoms with Crippen LogP contribution in [0.3, 0.4) is 0 Å². The zero-order valence-electron chi connectivity index (χ0n) is 5.47. The van der Waals surface area contributed by atoms with E-state index in [0.29, 0.717) is 0 Å². The second-order valence-corrected chi connectivity index (χ2v) is 1.07. The summed E-state index contributed by atoms with van der Waals surface area (Å²) < 4.78 is 0. The Bertz CT molecular complexity index is 76.4. The average molecular weight is 141 g/mol. The molecule has 0 unspecified atom stereocenters. The zero-order valence-corrected chi connectivity index (χ0v) is 8.59. The molecule has 0 N–H and O–H groups in total. The van der Waals surface area contributed by atoms with Crippen molar-refractivity contribution in [1.29, 1.82) is 0 Å². The van der Waals surface area contributed by atoms with E-state index in [1.807, 2.05) is 0 Å². The Morgan fingerprint density at radius 3 is 2.12 bits per heavy atom. The van der Waals surface area contributed by atoms with Crippen LogP contribution in [0.25, 0.3) is 0 Å². The first-order chi connectivity index (χ1) is 3.18. The van der Waals surface area contributed by atoms with Crippen molar-refractivity contribution in [1.82, 2.24) is 5.06 Å². The Kier molecular flexibility index (Phi) is 8.87. The van der Waals surface area contributed by atoms with Gasteiger partial charge < -0.3 is 5.11 Å². The molecule has 0 radical (unpaired) electrons. The van der Waals surface area contributed by atoms with Gasteiger partial charge in [-0.05, 0) is 5.88 Å². The second kappa shape index (κ2) is 6.06. The fourth-order valence-corrected chi connectivity index (χ4v) is 0.102. The molecule has 8 heavy (non-hydrogen) atoms. The first-order valence-electron chi connectivity index (χ1n) is 1.82. The van der Waals surface area contributed by atoms with Crippen LogP contribution in [0.1, 0.15) is 0 Å². The average Bonchev–Trinajstić information content (AvgIpc) is 1.65. The zero-order chi connectivity index (χ0) is 5.86. The summed E-state index contributed by atoms with van der Waals surface area (Å²) in [5.74, 6) is -0.345. The van der Waals surface area contributed by atoms with E-state index >= 15 is 0 Å². The number of hydrogen-bond donors (Lipinski definition) is 0. The molecular weight excluding hydrogens is 133 g/mol. The molecular formula is C4H8KNO2. The van der Waals surface area contributed by atoms with E-state index in [1.54, 1.807) is 0 Å². The van der Waals surface area contributed by atoms with E-state index in [2.05, 4.69) is 11.4 Å². The van der Waals surface area contributed by atoms with Crippen LogP contribution in [0.15, 0.2) is 12.5 Å². The fraction of sp³-hybridized carbons (Fsp3) is 0.500. The number of hydroxylamine groups is 2. The molecule has 0 bridgehead atoms. The topological polar surface area (TPSA) is 35.5 Å². The minimum Gasteiger partial charge on any atom is -0.859 e. The van der Waals surface area contributed by atoms with Crippen LogP contribution in [0.2, 0.25) is 0 Å². The molecule has 3 nitrogen and oxygen atoms in total. The molecule has 0 saturated carbocycles. The Morgan fingerprint density at radius 1 is 1.75 bits per heavy atom. The maximum atomic E-state index is 10.1. The van der Waals surface area contributed by atoms with Crippen molar-refractivity contribution in [3.8, 4) is 0 Å². The predicted molar refractivity (Wildman–Crippen MR) is 23.9 cm³/mol. The monoisotopic (exact) mass is 141 g/mol. The minimum atomic E-state index is -0.345. The fourth-order valence-electron chi connectivity index (χ4n) is 0.102. The summed E-state index contributed by atoms with van der Waals surface area (Å²) in [4.78, 5) is 4.43. The SMILES string of the molecule is C=C([O-])N(C)OC.[K+]. The summed E-state index contributed by atoms with van der Waals surface area (Å²) in [7, 11) is 2.90. The van der Waals surface area contributed by atoms with E-state index in [9.17, 15) is 5.11 Å². The van der Waals surface area contributed by atoms with Gasteiger partial charge in [-0.1, -0.05) is 6.58 Å². The van der Waals surface area contributed by atoms with Crippen LogP contribution in [0.5, 0.6) is 0 Å². The van der Waals surface area contributed by atoms with Crippen LogP contribution in [0, 0.1) is 0 Å². The largest absolute Gasteiger partial charge is 1.00 e. The third-order valence-electron chi connectivity index (χ3n) is 0.625. The van der Waals surface area contributed by atoms with Gasteiger partial charge in [-0.25, -0.2) is 0 Å². The molecule has 0 aliphatic rings. The van der Waals surface area contributed by atoms with Crippen molar-refractivity contribution in [3.05, 3.63) is 12.5 Å². The van der Waals surface area contributed by atoms with Crippen molar-refractivity contribution in [3.63, 3.8) is 0 Å². The van der Waals surface area contributed by atoms with Gasteiger partial charge in [-0.15, -0.1) is 0 Å². The molecule has 0 saturated heterocycles. The van der Waals surface area contributed by atoms with Gasteiger partial charge in [0.2, 0.25) is 0 Å². The summed E-state index contributed by atoms with van der Waals surface area (Å²) in [6.45, 7) is 3.07. The van der Waals surface area contributed by atoms with Crippen molar-refractivity contribution in [2.24, 2.45) is 0 Å². The van der Waals surface area contributed by atoms with E-state index in [0.717, 1.165) is 5.06 Å². The molecule has 4 heteroatoms. The molecule has 0 aliphatic carbocycles. The molecule has 0 heterocycles. The van der Waals surface area contributed by atoms with E-state index in [1.165, 1.54) is 14.2 Å². The third kappa shape index (κ3) is 5.08. The van der Waals surface area contributed by atoms with Gasteiger partial charge in [0.05, 0.1) is 7.11 Å². The smallest absolute Gasteiger partial charge is 0.859 e. The Morgan fingerprint density at radius 2 is 2.12 bits per heavy atom. The molecule has 0 amide bonds.